The van der Waals surface area contributed by atoms with Gasteiger partial charge in [0.2, 0.25) is 0 Å². The summed E-state index contributed by atoms with van der Waals surface area (Å²) in [7, 11) is 0. The van der Waals surface area contributed by atoms with Crippen molar-refractivity contribution in [3.05, 3.63) is 39.1 Å². The van der Waals surface area contributed by atoms with Gasteiger partial charge < -0.3 is 9.84 Å². The number of fused-ring (bicyclic) bond motifs is 1. The van der Waals surface area contributed by atoms with Crippen molar-refractivity contribution < 1.29 is 9.32 Å². The Labute approximate surface area is 144 Å². The Morgan fingerprint density at radius 2 is 2.12 bits per heavy atom. The van der Waals surface area contributed by atoms with Crippen LogP contribution in [-0.2, 0) is 6.42 Å². The van der Waals surface area contributed by atoms with Gasteiger partial charge in [0.15, 0.2) is 0 Å². The molecule has 0 unspecified atom stereocenters. The van der Waals surface area contributed by atoms with E-state index in [9.17, 15) is 4.79 Å². The van der Waals surface area contributed by atoms with Gasteiger partial charge in [0.25, 0.3) is 11.6 Å². The zero-order valence-electron chi connectivity index (χ0n) is 14.2. The Kier molecular flexibility index (Phi) is 4.62. The van der Waals surface area contributed by atoms with E-state index in [-0.39, 0.29) is 11.8 Å². The van der Waals surface area contributed by atoms with Crippen LogP contribution in [-0.4, -0.2) is 27.6 Å². The summed E-state index contributed by atoms with van der Waals surface area (Å²) >= 11 is 1.62. The number of aromatic nitrogens is 3. The second-order valence-corrected chi connectivity index (χ2v) is 7.12. The van der Waals surface area contributed by atoms with Crippen LogP contribution in [0.3, 0.4) is 0 Å². The average Bonchev–Trinajstić information content (AvgIpc) is 3.12. The molecule has 7 heteroatoms. The minimum Gasteiger partial charge on any atom is -0.352 e. The van der Waals surface area contributed by atoms with Crippen molar-refractivity contribution in [2.45, 2.75) is 40.0 Å². The first kappa shape index (κ1) is 16.6. The zero-order valence-corrected chi connectivity index (χ0v) is 15.0. The summed E-state index contributed by atoms with van der Waals surface area (Å²) in [6.07, 6.45) is 0.712. The number of carbonyl (C=O) groups is 1. The summed E-state index contributed by atoms with van der Waals surface area (Å²) in [5.41, 5.74) is 3.48. The molecule has 126 valence electrons. The fourth-order valence-corrected chi connectivity index (χ4v) is 3.16. The molecule has 0 saturated carbocycles. The number of rotatable bonds is 5. The van der Waals surface area contributed by atoms with Crippen LogP contribution in [0.25, 0.3) is 11.1 Å². The van der Waals surface area contributed by atoms with Crippen LogP contribution in [0.4, 0.5) is 0 Å². The fraction of sp³-hybridized carbons (Fsp3) is 0.412. The van der Waals surface area contributed by atoms with E-state index in [0.717, 1.165) is 16.4 Å². The average molecular weight is 344 g/mol. The number of thiazole rings is 1. The minimum absolute atomic E-state index is 0.137. The summed E-state index contributed by atoms with van der Waals surface area (Å²) in [5, 5.41) is 10.6. The van der Waals surface area contributed by atoms with Crippen molar-refractivity contribution >= 4 is 28.3 Å². The van der Waals surface area contributed by atoms with Crippen LogP contribution in [0.1, 0.15) is 52.2 Å². The molecule has 3 aromatic rings. The predicted octanol–water partition coefficient (Wildman–Crippen LogP) is 3.39. The highest BCUT2D eigenvalue weighted by atomic mass is 32.1. The lowest BCUT2D eigenvalue weighted by molar-refractivity contribution is 0.0955. The van der Waals surface area contributed by atoms with Gasteiger partial charge in [-0.1, -0.05) is 19.0 Å². The number of carbonyl (C=O) groups excluding carboxylic acids is 1. The van der Waals surface area contributed by atoms with Crippen molar-refractivity contribution in [2.24, 2.45) is 0 Å². The standard InChI is InChI=1S/C17H20N4O2S/c1-9(2)14-7-13(15-10(3)21-23-17(15)20-14)16(22)18-6-5-12-8-24-11(4)19-12/h7-9H,5-6H2,1-4H3,(H,18,22). The highest BCUT2D eigenvalue weighted by molar-refractivity contribution is 7.09. The zero-order chi connectivity index (χ0) is 17.3. The van der Waals surface area contributed by atoms with Crippen molar-refractivity contribution in [1.29, 1.82) is 0 Å². The smallest absolute Gasteiger partial charge is 0.259 e. The maximum absolute atomic E-state index is 12.7. The fourth-order valence-electron chi connectivity index (χ4n) is 2.51. The van der Waals surface area contributed by atoms with Crippen LogP contribution < -0.4 is 5.32 Å². The number of hydrogen-bond acceptors (Lipinski definition) is 6. The first-order valence-corrected chi connectivity index (χ1v) is 8.79. The van der Waals surface area contributed by atoms with Gasteiger partial charge >= 0.3 is 0 Å². The van der Waals surface area contributed by atoms with Gasteiger partial charge in [-0.25, -0.2) is 9.97 Å². The number of nitrogens with zero attached hydrogens (tertiary/aromatic N) is 3. The van der Waals surface area contributed by atoms with Crippen molar-refractivity contribution in [1.82, 2.24) is 20.4 Å². The molecule has 3 aromatic heterocycles. The van der Waals surface area contributed by atoms with Gasteiger partial charge in [-0.05, 0) is 25.8 Å². The highest BCUT2D eigenvalue weighted by Crippen LogP contribution is 2.25. The summed E-state index contributed by atoms with van der Waals surface area (Å²) in [6.45, 7) is 8.39. The van der Waals surface area contributed by atoms with Crippen LogP contribution in [0.5, 0.6) is 0 Å². The largest absolute Gasteiger partial charge is 0.352 e. The molecule has 0 bridgehead atoms. The second kappa shape index (κ2) is 6.68. The second-order valence-electron chi connectivity index (χ2n) is 6.06. The molecular weight excluding hydrogens is 324 g/mol. The first-order valence-electron chi connectivity index (χ1n) is 7.92. The van der Waals surface area contributed by atoms with Gasteiger partial charge in [0.1, 0.15) is 0 Å². The summed E-state index contributed by atoms with van der Waals surface area (Å²) in [6, 6.07) is 1.83. The Morgan fingerprint density at radius 1 is 1.33 bits per heavy atom. The third-order valence-corrected chi connectivity index (χ3v) is 4.63. The van der Waals surface area contributed by atoms with E-state index in [1.807, 2.05) is 39.1 Å². The molecular formula is C17H20N4O2S. The third kappa shape index (κ3) is 3.31. The van der Waals surface area contributed by atoms with E-state index < -0.39 is 0 Å². The first-order chi connectivity index (χ1) is 11.5. The lowest BCUT2D eigenvalue weighted by Crippen LogP contribution is -2.26. The van der Waals surface area contributed by atoms with E-state index in [1.54, 1.807) is 11.3 Å². The molecule has 0 aromatic carbocycles. The predicted molar refractivity (Wildman–Crippen MR) is 93.5 cm³/mol. The molecule has 0 spiro atoms. The molecule has 0 aliphatic heterocycles. The molecule has 1 N–H and O–H groups in total. The van der Waals surface area contributed by atoms with E-state index >= 15 is 0 Å². The molecule has 0 aliphatic carbocycles. The Hall–Kier alpha value is -2.28. The van der Waals surface area contributed by atoms with Gasteiger partial charge in [0, 0.05) is 24.0 Å². The number of amides is 1. The molecule has 0 radical (unpaired) electrons. The molecule has 0 saturated heterocycles. The molecule has 1 amide bonds. The van der Waals surface area contributed by atoms with E-state index in [1.165, 1.54) is 0 Å². The van der Waals surface area contributed by atoms with Gasteiger partial charge in [-0.3, -0.25) is 4.79 Å². The van der Waals surface area contributed by atoms with E-state index in [4.69, 9.17) is 4.52 Å². The van der Waals surface area contributed by atoms with Crippen molar-refractivity contribution in [2.75, 3.05) is 6.54 Å². The topological polar surface area (TPSA) is 80.9 Å². The van der Waals surface area contributed by atoms with Crippen molar-refractivity contribution in [3.63, 3.8) is 0 Å². The van der Waals surface area contributed by atoms with E-state index in [0.29, 0.717) is 35.3 Å². The van der Waals surface area contributed by atoms with Crippen LogP contribution in [0.15, 0.2) is 16.0 Å². The molecule has 3 heterocycles. The molecule has 0 atom stereocenters. The molecule has 0 fully saturated rings. The SMILES string of the molecule is Cc1nc(CCNC(=O)c2cc(C(C)C)nc3onc(C)c23)cs1. The lowest BCUT2D eigenvalue weighted by Gasteiger charge is -2.09. The molecule has 3 rings (SSSR count). The Bertz CT molecular complexity index is 882. The molecule has 6 nitrogen and oxygen atoms in total. The molecule has 24 heavy (non-hydrogen) atoms. The van der Waals surface area contributed by atoms with Crippen molar-refractivity contribution in [3.8, 4) is 0 Å². The summed E-state index contributed by atoms with van der Waals surface area (Å²) in [4.78, 5) is 21.5. The summed E-state index contributed by atoms with van der Waals surface area (Å²) in [5.74, 6) is 0.0619. The maximum atomic E-state index is 12.7. The van der Waals surface area contributed by atoms with Gasteiger partial charge in [0.05, 0.1) is 27.3 Å². The molecule has 0 aliphatic rings. The quantitative estimate of drug-likeness (QED) is 0.767. The minimum atomic E-state index is -0.137. The number of nitrogens with one attached hydrogen (secondary N) is 1. The van der Waals surface area contributed by atoms with Crippen LogP contribution in [0, 0.1) is 13.8 Å². The highest BCUT2D eigenvalue weighted by Gasteiger charge is 2.19. The lowest BCUT2D eigenvalue weighted by atomic mass is 10.0. The van der Waals surface area contributed by atoms with Crippen LogP contribution in [0.2, 0.25) is 0 Å². The Balaban J connectivity index is 1.81. The van der Waals surface area contributed by atoms with E-state index in [2.05, 4.69) is 20.4 Å². The monoisotopic (exact) mass is 344 g/mol. The maximum Gasteiger partial charge on any atom is 0.259 e. The normalized spacial score (nSPS) is 11.4. The van der Waals surface area contributed by atoms with Crippen LogP contribution >= 0.6 is 11.3 Å². The number of pyridine rings is 1. The number of hydrogen-bond donors (Lipinski definition) is 1. The van der Waals surface area contributed by atoms with Gasteiger partial charge in [-0.2, -0.15) is 0 Å². The Morgan fingerprint density at radius 3 is 2.79 bits per heavy atom. The summed E-state index contributed by atoms with van der Waals surface area (Å²) < 4.78 is 5.26. The van der Waals surface area contributed by atoms with Gasteiger partial charge in [-0.15, -0.1) is 11.3 Å². The third-order valence-electron chi connectivity index (χ3n) is 3.81. The number of aryl methyl sites for hydroxylation is 2.